The molecule has 2 aliphatic carbocycles. The monoisotopic (exact) mass is 420 g/mol. The van der Waals surface area contributed by atoms with Crippen LogP contribution in [0.1, 0.15) is 54.7 Å². The molecule has 0 saturated heterocycles. The number of hydrogen-bond acceptors (Lipinski definition) is 5. The van der Waals surface area contributed by atoms with Crippen molar-refractivity contribution in [3.8, 4) is 16.5 Å². The van der Waals surface area contributed by atoms with E-state index in [2.05, 4.69) is 53.9 Å². The third kappa shape index (κ3) is 4.22. The van der Waals surface area contributed by atoms with Crippen LogP contribution in [0.3, 0.4) is 0 Å². The highest BCUT2D eigenvalue weighted by atomic mass is 32.1. The maximum Gasteiger partial charge on any atom is 0.133 e. The fraction of sp³-hybridized carbons (Fsp3) is 0.400. The summed E-state index contributed by atoms with van der Waals surface area (Å²) < 4.78 is 5.79. The predicted octanol–water partition coefficient (Wildman–Crippen LogP) is 5.23. The fourth-order valence-corrected chi connectivity index (χ4v) is 5.53. The van der Waals surface area contributed by atoms with Crippen molar-refractivity contribution in [2.45, 2.75) is 51.2 Å². The van der Waals surface area contributed by atoms with Gasteiger partial charge in [-0.1, -0.05) is 24.3 Å². The van der Waals surface area contributed by atoms with Crippen molar-refractivity contribution in [2.75, 3.05) is 13.2 Å². The lowest BCUT2D eigenvalue weighted by Crippen LogP contribution is -2.22. The number of nitrogens with one attached hydrogen (secondary N) is 1. The van der Waals surface area contributed by atoms with E-state index in [1.165, 1.54) is 26.4 Å². The molecule has 0 saturated carbocycles. The van der Waals surface area contributed by atoms with E-state index in [0.717, 1.165) is 19.3 Å². The molecule has 4 nitrogen and oxygen atoms in total. The van der Waals surface area contributed by atoms with Gasteiger partial charge in [0.1, 0.15) is 11.8 Å². The number of fused-ring (bicyclic) bond motifs is 1. The van der Waals surface area contributed by atoms with E-state index in [1.54, 1.807) is 0 Å². The molecule has 2 atom stereocenters. The first-order valence-corrected chi connectivity index (χ1v) is 11.5. The first-order chi connectivity index (χ1) is 14.6. The summed E-state index contributed by atoms with van der Waals surface area (Å²) in [6, 6.07) is 13.6. The van der Waals surface area contributed by atoms with Gasteiger partial charge in [0.15, 0.2) is 0 Å². The minimum Gasteiger partial charge on any atom is -0.490 e. The highest BCUT2D eigenvalue weighted by Crippen LogP contribution is 2.42. The number of ether oxygens (including phenoxy) is 1. The van der Waals surface area contributed by atoms with Crippen LogP contribution >= 0.6 is 11.3 Å². The number of hydrogen-bond donors (Lipinski definition) is 2. The van der Waals surface area contributed by atoms with Gasteiger partial charge in [-0.2, -0.15) is 5.26 Å². The van der Waals surface area contributed by atoms with Crippen LogP contribution in [0, 0.1) is 11.3 Å². The van der Waals surface area contributed by atoms with E-state index < -0.39 is 0 Å². The van der Waals surface area contributed by atoms with Crippen LogP contribution in [0.4, 0.5) is 0 Å². The van der Waals surface area contributed by atoms with Gasteiger partial charge in [0.05, 0.1) is 18.3 Å². The van der Waals surface area contributed by atoms with Crippen LogP contribution in [-0.4, -0.2) is 24.4 Å². The number of allylic oxidation sites excluding steroid dienone is 3. The Labute approximate surface area is 182 Å². The van der Waals surface area contributed by atoms with Crippen molar-refractivity contribution in [2.24, 2.45) is 0 Å². The molecule has 1 aromatic carbocycles. The molecule has 0 aliphatic heterocycles. The molecular weight excluding hydrogens is 392 g/mol. The third-order valence-corrected chi connectivity index (χ3v) is 6.95. The van der Waals surface area contributed by atoms with Crippen LogP contribution in [-0.2, 0) is 11.2 Å². The van der Waals surface area contributed by atoms with Gasteiger partial charge < -0.3 is 15.2 Å². The minimum absolute atomic E-state index is 0.0637. The Kier molecular flexibility index (Phi) is 6.38. The van der Waals surface area contributed by atoms with E-state index in [9.17, 15) is 5.26 Å². The third-order valence-electron chi connectivity index (χ3n) is 5.70. The molecule has 0 spiro atoms. The van der Waals surface area contributed by atoms with Crippen molar-refractivity contribution in [3.05, 3.63) is 69.8 Å². The Morgan fingerprint density at radius 3 is 2.93 bits per heavy atom. The summed E-state index contributed by atoms with van der Waals surface area (Å²) in [7, 11) is 0. The summed E-state index contributed by atoms with van der Waals surface area (Å²) in [6.07, 6.45) is 7.16. The molecule has 2 unspecified atom stereocenters. The molecule has 0 radical (unpaired) electrons. The summed E-state index contributed by atoms with van der Waals surface area (Å²) in [5.41, 5.74) is 4.73. The molecular formula is C25H28N2O2S. The van der Waals surface area contributed by atoms with Gasteiger partial charge in [0.25, 0.3) is 0 Å². The normalized spacial score (nSPS) is 20.5. The van der Waals surface area contributed by atoms with Crippen molar-refractivity contribution >= 4 is 11.3 Å². The lowest BCUT2D eigenvalue weighted by atomic mass is 9.94. The largest absolute Gasteiger partial charge is 0.490 e. The van der Waals surface area contributed by atoms with E-state index in [1.807, 2.05) is 25.2 Å². The number of aliphatic hydroxyl groups excluding tert-OH is 1. The Bertz CT molecular complexity index is 1010. The van der Waals surface area contributed by atoms with Crippen LogP contribution in [0.15, 0.2) is 53.8 Å². The van der Waals surface area contributed by atoms with Crippen molar-refractivity contribution in [3.63, 3.8) is 0 Å². The van der Waals surface area contributed by atoms with E-state index >= 15 is 0 Å². The number of benzene rings is 1. The molecule has 4 rings (SSSR count). The maximum absolute atomic E-state index is 9.56. The van der Waals surface area contributed by atoms with E-state index in [4.69, 9.17) is 9.84 Å². The van der Waals surface area contributed by atoms with Crippen molar-refractivity contribution < 1.29 is 9.84 Å². The number of nitriles is 1. The van der Waals surface area contributed by atoms with Crippen molar-refractivity contribution in [1.82, 2.24) is 5.32 Å². The lowest BCUT2D eigenvalue weighted by molar-refractivity contribution is 0.153. The smallest absolute Gasteiger partial charge is 0.133 e. The minimum atomic E-state index is 0.0637. The molecule has 30 heavy (non-hydrogen) atoms. The molecule has 2 aliphatic rings. The first kappa shape index (κ1) is 20.9. The average molecular weight is 421 g/mol. The zero-order chi connectivity index (χ0) is 21.1. The van der Waals surface area contributed by atoms with Gasteiger partial charge in [-0.3, -0.25) is 0 Å². The maximum atomic E-state index is 9.56. The molecule has 2 aromatic rings. The molecule has 0 fully saturated rings. The van der Waals surface area contributed by atoms with Gasteiger partial charge in [0, 0.05) is 28.3 Å². The topological polar surface area (TPSA) is 65.3 Å². The summed E-state index contributed by atoms with van der Waals surface area (Å²) in [5.74, 6) is 0.927. The Hall–Kier alpha value is -2.39. The van der Waals surface area contributed by atoms with Gasteiger partial charge in [-0.15, -0.1) is 11.3 Å². The molecule has 2 N–H and O–H groups in total. The standard InChI is InChI=1S/C25H28N2O2S/c1-16(2)29-23-9-6-17(14-18(23)15-26)24-10-11-25(30-24)21-5-3-4-20-19(21)7-8-22(20)27-12-13-28/h3-5,9-11,14,16-17,22,27-28H,6-8,12-13H2,1-2H3. The predicted molar refractivity (Wildman–Crippen MR) is 121 cm³/mol. The molecule has 1 heterocycles. The second-order valence-electron chi connectivity index (χ2n) is 8.11. The Balaban J connectivity index is 1.57. The van der Waals surface area contributed by atoms with Gasteiger partial charge in [0.2, 0.25) is 0 Å². The number of nitrogens with zero attached hydrogens (tertiary/aromatic N) is 1. The Morgan fingerprint density at radius 2 is 2.17 bits per heavy atom. The van der Waals surface area contributed by atoms with Gasteiger partial charge >= 0.3 is 0 Å². The molecule has 5 heteroatoms. The molecule has 156 valence electrons. The van der Waals surface area contributed by atoms with Crippen LogP contribution < -0.4 is 5.32 Å². The lowest BCUT2D eigenvalue weighted by Gasteiger charge is -2.20. The first-order valence-electron chi connectivity index (χ1n) is 10.7. The Morgan fingerprint density at radius 1 is 1.30 bits per heavy atom. The van der Waals surface area contributed by atoms with E-state index in [-0.39, 0.29) is 18.6 Å². The number of thiophene rings is 1. The van der Waals surface area contributed by atoms with Crippen LogP contribution in [0.2, 0.25) is 0 Å². The zero-order valence-electron chi connectivity index (χ0n) is 17.5. The summed E-state index contributed by atoms with van der Waals surface area (Å²) in [4.78, 5) is 2.56. The number of rotatable bonds is 7. The average Bonchev–Trinajstić information content (AvgIpc) is 3.39. The summed E-state index contributed by atoms with van der Waals surface area (Å²) >= 11 is 1.82. The summed E-state index contributed by atoms with van der Waals surface area (Å²) in [5, 5.41) is 22.1. The second-order valence-corrected chi connectivity index (χ2v) is 9.23. The van der Waals surface area contributed by atoms with Crippen LogP contribution in [0.5, 0.6) is 0 Å². The van der Waals surface area contributed by atoms with Crippen LogP contribution in [0.25, 0.3) is 10.4 Å². The van der Waals surface area contributed by atoms with E-state index in [0.29, 0.717) is 23.9 Å². The van der Waals surface area contributed by atoms with Gasteiger partial charge in [-0.25, -0.2) is 0 Å². The van der Waals surface area contributed by atoms with Gasteiger partial charge in [-0.05, 0) is 68.0 Å². The summed E-state index contributed by atoms with van der Waals surface area (Å²) in [6.45, 7) is 4.76. The highest BCUT2D eigenvalue weighted by molar-refractivity contribution is 7.15. The zero-order valence-corrected chi connectivity index (χ0v) is 18.3. The SMILES string of the molecule is CC(C)OC1=CCC(c2ccc(-c3cccc4c3CCC4NCCO)s2)C=C1C#N. The highest BCUT2D eigenvalue weighted by Gasteiger charge is 2.26. The fourth-order valence-electron chi connectivity index (χ4n) is 4.38. The second kappa shape index (κ2) is 9.18. The molecule has 0 amide bonds. The number of aliphatic hydroxyl groups is 1. The van der Waals surface area contributed by atoms with Crippen molar-refractivity contribution in [1.29, 1.82) is 5.26 Å². The molecule has 0 bridgehead atoms. The molecule has 1 aromatic heterocycles. The quantitative estimate of drug-likeness (QED) is 0.644.